The minimum atomic E-state index is -3.47. The van der Waals surface area contributed by atoms with Gasteiger partial charge in [-0.2, -0.15) is 0 Å². The van der Waals surface area contributed by atoms with Gasteiger partial charge in [0.1, 0.15) is 0 Å². The van der Waals surface area contributed by atoms with Crippen molar-refractivity contribution >= 4 is 19.6 Å². The molecule has 1 unspecified atom stereocenters. The van der Waals surface area contributed by atoms with E-state index in [4.69, 9.17) is 29.0 Å². The van der Waals surface area contributed by atoms with Gasteiger partial charge in [-0.25, -0.2) is 9.59 Å². The van der Waals surface area contributed by atoms with Crippen molar-refractivity contribution in [2.24, 2.45) is 5.73 Å². The van der Waals surface area contributed by atoms with Crippen LogP contribution in [-0.2, 0) is 27.8 Å². The maximum atomic E-state index is 12.7. The summed E-state index contributed by atoms with van der Waals surface area (Å²) in [7, 11) is -3.47. The third-order valence-electron chi connectivity index (χ3n) is 4.62. The van der Waals surface area contributed by atoms with E-state index in [1.165, 1.54) is 11.1 Å². The number of carbonyl (C=O) groups excluding carboxylic acids is 2. The molecule has 4 atom stereocenters. The first-order chi connectivity index (χ1) is 15.3. The van der Waals surface area contributed by atoms with Crippen LogP contribution >= 0.6 is 7.60 Å². The molecule has 1 fully saturated rings. The molecule has 0 spiro atoms. The fourth-order valence-corrected chi connectivity index (χ4v) is 4.60. The van der Waals surface area contributed by atoms with Gasteiger partial charge in [0.05, 0.1) is 24.9 Å². The van der Waals surface area contributed by atoms with E-state index in [9.17, 15) is 14.2 Å². The maximum Gasteiger partial charge on any atom is 0.356 e. The third-order valence-corrected chi connectivity index (χ3v) is 6.39. The van der Waals surface area contributed by atoms with E-state index in [1.54, 1.807) is 50.3 Å². The van der Waals surface area contributed by atoms with Gasteiger partial charge in [0.2, 0.25) is 0 Å². The van der Waals surface area contributed by atoms with Gasteiger partial charge in [-0.3, -0.25) is 9.46 Å². The van der Waals surface area contributed by atoms with Gasteiger partial charge in [-0.15, -0.1) is 0 Å². The third kappa shape index (κ3) is 6.16. The number of amides is 2. The van der Waals surface area contributed by atoms with Crippen molar-refractivity contribution in [2.45, 2.75) is 45.1 Å². The van der Waals surface area contributed by atoms with Gasteiger partial charge in [-0.05, 0) is 32.1 Å². The molecule has 1 saturated heterocycles. The van der Waals surface area contributed by atoms with Crippen molar-refractivity contribution in [3.63, 3.8) is 0 Å². The summed E-state index contributed by atoms with van der Waals surface area (Å²) in [6.07, 6.45) is -0.603. The highest BCUT2D eigenvalue weighted by atomic mass is 31.2. The zero-order valence-corrected chi connectivity index (χ0v) is 18.8. The monoisotopic (exact) mass is 469 g/mol. The first-order valence-corrected chi connectivity index (χ1v) is 12.0. The molecular formula is C20H28N3O8P. The first kappa shape index (κ1) is 24.4. The van der Waals surface area contributed by atoms with E-state index in [0.717, 1.165) is 0 Å². The molecule has 0 radical (unpaired) electrons. The average molecular weight is 469 g/mol. The first-order valence-electron chi connectivity index (χ1n) is 10.3. The minimum Gasteiger partial charge on any atom is -0.454 e. The van der Waals surface area contributed by atoms with E-state index >= 15 is 0 Å². The molecule has 0 aliphatic carbocycles. The Hall–Kier alpha value is -2.27. The number of esters is 1. The van der Waals surface area contributed by atoms with Crippen LogP contribution in [0.4, 0.5) is 4.79 Å². The molecule has 0 saturated carbocycles. The number of carbonyl (C=O) groups is 2. The highest BCUT2D eigenvalue weighted by Gasteiger charge is 2.45. The fraction of sp³-hybridized carbons (Fsp3) is 0.500. The van der Waals surface area contributed by atoms with Gasteiger partial charge in [-0.1, -0.05) is 18.2 Å². The minimum absolute atomic E-state index is 0.102. The Labute approximate surface area is 186 Å². The average Bonchev–Trinajstić information content (AvgIpc) is 3.16. The summed E-state index contributed by atoms with van der Waals surface area (Å²) in [6.45, 7) is 3.76. The summed E-state index contributed by atoms with van der Waals surface area (Å²) in [4.78, 5) is 26.3. The number of urea groups is 1. The number of nitrogens with zero attached hydrogens (tertiary/aromatic N) is 1. The van der Waals surface area contributed by atoms with Crippen LogP contribution in [0.15, 0.2) is 42.6 Å². The van der Waals surface area contributed by atoms with Crippen molar-refractivity contribution < 1.29 is 37.4 Å². The maximum absolute atomic E-state index is 12.7. The van der Waals surface area contributed by atoms with E-state index in [2.05, 4.69) is 5.32 Å². The molecule has 0 aromatic heterocycles. The zero-order valence-electron chi connectivity index (χ0n) is 17.9. The molecule has 1 aromatic rings. The molecule has 32 heavy (non-hydrogen) atoms. The van der Waals surface area contributed by atoms with Crippen LogP contribution in [0.25, 0.3) is 0 Å². The van der Waals surface area contributed by atoms with Gasteiger partial charge in [0.15, 0.2) is 25.0 Å². The molecule has 2 amide bonds. The normalized spacial score (nSPS) is 25.6. The summed E-state index contributed by atoms with van der Waals surface area (Å²) >= 11 is 0. The van der Waals surface area contributed by atoms with E-state index in [-0.39, 0.29) is 26.0 Å². The second kappa shape index (κ2) is 11.0. The Morgan fingerprint density at radius 2 is 1.94 bits per heavy atom. The van der Waals surface area contributed by atoms with Crippen molar-refractivity contribution in [2.75, 3.05) is 19.6 Å². The number of nitrogens with one attached hydrogen (secondary N) is 1. The summed E-state index contributed by atoms with van der Waals surface area (Å²) in [6, 6.07) is 7.94. The largest absolute Gasteiger partial charge is 0.454 e. The van der Waals surface area contributed by atoms with Gasteiger partial charge >= 0.3 is 19.6 Å². The number of hydrogen-bond acceptors (Lipinski definition) is 9. The predicted molar refractivity (Wildman–Crippen MR) is 113 cm³/mol. The quantitative estimate of drug-likeness (QED) is 0.390. The van der Waals surface area contributed by atoms with Crippen LogP contribution in [0.2, 0.25) is 0 Å². The molecule has 2 aliphatic heterocycles. The Bertz CT molecular complexity index is 858. The van der Waals surface area contributed by atoms with Crippen molar-refractivity contribution in [3.8, 4) is 0 Å². The highest BCUT2D eigenvalue weighted by molar-refractivity contribution is 7.53. The molecule has 176 valence electrons. The van der Waals surface area contributed by atoms with Crippen molar-refractivity contribution in [1.29, 1.82) is 0 Å². The van der Waals surface area contributed by atoms with Gasteiger partial charge in [0, 0.05) is 12.6 Å². The van der Waals surface area contributed by atoms with Crippen LogP contribution in [0.3, 0.4) is 0 Å². The Balaban J connectivity index is 1.73. The Kier molecular flexibility index (Phi) is 8.41. The number of hydrogen-bond donors (Lipinski definition) is 2. The van der Waals surface area contributed by atoms with Crippen LogP contribution in [0, 0.1) is 0 Å². The Morgan fingerprint density at radius 3 is 2.56 bits per heavy atom. The lowest BCUT2D eigenvalue weighted by Crippen LogP contribution is -2.55. The molecule has 2 heterocycles. The number of rotatable bonds is 10. The van der Waals surface area contributed by atoms with E-state index in [1.807, 2.05) is 0 Å². The molecule has 2 aliphatic rings. The van der Waals surface area contributed by atoms with E-state index in [0.29, 0.717) is 5.56 Å². The molecule has 1 aromatic carbocycles. The van der Waals surface area contributed by atoms with Crippen LogP contribution in [-0.4, -0.2) is 61.2 Å². The summed E-state index contributed by atoms with van der Waals surface area (Å²) in [5, 5.41) is 2.55. The topological polar surface area (TPSA) is 139 Å². The standard InChI is InChI=1S/C20H28N3O8P/c1-3-28-32(26,29-4-2)13-27-17-12-15(30-19(24)14-8-6-5-7-9-14)18(31-17)23-11-10-16(21)22-20(23)25/h5-11,15-18H,3-4,12-13,21H2,1-2H3,(H,22,25)/t15-,16?,17-,18+/m0/s1. The highest BCUT2D eigenvalue weighted by Crippen LogP contribution is 2.48. The Morgan fingerprint density at radius 1 is 1.25 bits per heavy atom. The van der Waals surface area contributed by atoms with Gasteiger partial charge < -0.3 is 34.3 Å². The molecule has 12 heteroatoms. The second-order valence-electron chi connectivity index (χ2n) is 6.97. The molecular weight excluding hydrogens is 441 g/mol. The lowest BCUT2D eigenvalue weighted by atomic mass is 10.2. The summed E-state index contributed by atoms with van der Waals surface area (Å²) < 4.78 is 40.2. The van der Waals surface area contributed by atoms with Gasteiger partial charge in [0.25, 0.3) is 0 Å². The molecule has 0 bridgehead atoms. The van der Waals surface area contributed by atoms with Crippen molar-refractivity contribution in [1.82, 2.24) is 10.2 Å². The molecule has 3 rings (SSSR count). The number of ether oxygens (including phenoxy) is 3. The zero-order chi connectivity index (χ0) is 23.1. The van der Waals surface area contributed by atoms with Crippen LogP contribution < -0.4 is 11.1 Å². The lowest BCUT2D eigenvalue weighted by Gasteiger charge is -2.32. The number of benzene rings is 1. The molecule has 11 nitrogen and oxygen atoms in total. The van der Waals surface area contributed by atoms with Crippen LogP contribution in [0.5, 0.6) is 0 Å². The number of nitrogens with two attached hydrogens (primary N) is 1. The SMILES string of the molecule is CCOP(=O)(CO[C@@H]1C[C@H](OC(=O)c2ccccc2)[C@H](N2C=CC(N)NC2=O)O1)OCC. The summed E-state index contributed by atoms with van der Waals surface area (Å²) in [5.74, 6) is -0.572. The van der Waals surface area contributed by atoms with Crippen molar-refractivity contribution in [3.05, 3.63) is 48.2 Å². The fourth-order valence-electron chi connectivity index (χ4n) is 3.24. The second-order valence-corrected chi connectivity index (χ2v) is 8.96. The summed E-state index contributed by atoms with van der Waals surface area (Å²) in [5.41, 5.74) is 6.06. The lowest BCUT2D eigenvalue weighted by molar-refractivity contribution is -0.151. The van der Waals surface area contributed by atoms with E-state index < -0.39 is 44.4 Å². The molecule has 3 N–H and O–H groups in total. The predicted octanol–water partition coefficient (Wildman–Crippen LogP) is 2.35. The smallest absolute Gasteiger partial charge is 0.356 e. The van der Waals surface area contributed by atoms with Crippen LogP contribution in [0.1, 0.15) is 30.6 Å².